The molecule has 0 saturated carbocycles. The highest BCUT2D eigenvalue weighted by molar-refractivity contribution is 6.08. The van der Waals surface area contributed by atoms with Crippen molar-refractivity contribution in [3.8, 4) is 0 Å². The first kappa shape index (κ1) is 25.7. The van der Waals surface area contributed by atoms with Gasteiger partial charge < -0.3 is 14.5 Å². The number of amides is 3. The Morgan fingerprint density at radius 2 is 1.88 bits per heavy atom. The first-order valence-corrected chi connectivity index (χ1v) is 12.0. The molecule has 8 nitrogen and oxygen atoms in total. The monoisotopic (exact) mass is 471 g/mol. The first-order chi connectivity index (χ1) is 15.8. The first-order valence-electron chi connectivity index (χ1n) is 12.0. The molecule has 1 aromatic rings. The summed E-state index contributed by atoms with van der Waals surface area (Å²) >= 11 is 0. The smallest absolute Gasteiger partial charge is 0.309 e. The Morgan fingerprint density at radius 1 is 1.24 bits per heavy atom. The third-order valence-electron chi connectivity index (χ3n) is 6.72. The average molecular weight is 472 g/mol. The molecule has 3 amide bonds. The number of anilines is 2. The Bertz CT molecular complexity index is 958. The molecule has 0 radical (unpaired) electrons. The van der Waals surface area contributed by atoms with E-state index in [1.807, 2.05) is 53.7 Å². The second-order valence-electron chi connectivity index (χ2n) is 10.9. The summed E-state index contributed by atoms with van der Waals surface area (Å²) in [5, 5.41) is 2.15. The highest BCUT2D eigenvalue weighted by Gasteiger charge is 2.45. The van der Waals surface area contributed by atoms with Crippen molar-refractivity contribution in [1.82, 2.24) is 5.32 Å². The van der Waals surface area contributed by atoms with Crippen molar-refractivity contribution in [1.29, 1.82) is 0 Å². The van der Waals surface area contributed by atoms with Gasteiger partial charge >= 0.3 is 5.97 Å². The zero-order valence-corrected chi connectivity index (χ0v) is 21.1. The number of esters is 1. The molecule has 1 N–H and O–H groups in total. The van der Waals surface area contributed by atoms with Crippen LogP contribution in [-0.4, -0.2) is 48.9 Å². The van der Waals surface area contributed by atoms with Crippen LogP contribution in [0.2, 0.25) is 0 Å². The molecule has 0 spiro atoms. The van der Waals surface area contributed by atoms with E-state index in [2.05, 4.69) is 16.3 Å². The normalized spacial score (nSPS) is 18.9. The van der Waals surface area contributed by atoms with Crippen LogP contribution in [0, 0.1) is 5.92 Å². The van der Waals surface area contributed by atoms with Crippen LogP contribution in [0.25, 0.3) is 0 Å². The molecule has 2 aliphatic rings. The van der Waals surface area contributed by atoms with E-state index in [1.54, 1.807) is 4.90 Å². The van der Waals surface area contributed by atoms with Gasteiger partial charge in [-0.25, -0.2) is 0 Å². The Labute approximate surface area is 202 Å². The summed E-state index contributed by atoms with van der Waals surface area (Å²) in [5.74, 6) is -0.556. The predicted octanol–water partition coefficient (Wildman–Crippen LogP) is 3.31. The van der Waals surface area contributed by atoms with E-state index in [-0.39, 0.29) is 36.2 Å². The molecule has 1 aromatic carbocycles. The maximum atomic E-state index is 13.3. The minimum absolute atomic E-state index is 0.00609. The van der Waals surface area contributed by atoms with Gasteiger partial charge in [0, 0.05) is 36.9 Å². The van der Waals surface area contributed by atoms with Crippen LogP contribution in [0.1, 0.15) is 72.8 Å². The highest BCUT2D eigenvalue weighted by Crippen LogP contribution is 2.45. The van der Waals surface area contributed by atoms with Crippen LogP contribution in [-0.2, 0) is 29.3 Å². The largest absolute Gasteiger partial charge is 0.460 e. The van der Waals surface area contributed by atoms with E-state index in [0.29, 0.717) is 12.8 Å². The summed E-state index contributed by atoms with van der Waals surface area (Å²) in [6.07, 6.45) is 2.48. The van der Waals surface area contributed by atoms with Crippen molar-refractivity contribution in [3.05, 3.63) is 23.8 Å². The number of ether oxygens (including phenoxy) is 1. The number of carbonyl (C=O) groups is 4. The number of nitrogens with zero attached hydrogens (tertiary/aromatic N) is 2. The van der Waals surface area contributed by atoms with Gasteiger partial charge in [0.1, 0.15) is 5.60 Å². The van der Waals surface area contributed by atoms with E-state index >= 15 is 0 Å². The quantitative estimate of drug-likeness (QED) is 0.484. The summed E-state index contributed by atoms with van der Waals surface area (Å²) in [6.45, 7) is 12.9. The van der Waals surface area contributed by atoms with Crippen molar-refractivity contribution in [2.45, 2.75) is 84.3 Å². The molecule has 1 saturated heterocycles. The molecule has 1 fully saturated rings. The topological polar surface area (TPSA) is 96.0 Å². The van der Waals surface area contributed by atoms with Crippen molar-refractivity contribution >= 4 is 35.6 Å². The summed E-state index contributed by atoms with van der Waals surface area (Å²) in [6, 6.07) is 5.92. The van der Waals surface area contributed by atoms with Crippen molar-refractivity contribution in [3.63, 3.8) is 0 Å². The molecule has 2 heterocycles. The van der Waals surface area contributed by atoms with Gasteiger partial charge in [0.2, 0.25) is 18.2 Å². The molecule has 1 unspecified atom stereocenters. The maximum absolute atomic E-state index is 13.3. The van der Waals surface area contributed by atoms with E-state index in [4.69, 9.17) is 4.74 Å². The molecule has 8 heteroatoms. The second-order valence-corrected chi connectivity index (χ2v) is 10.9. The molecule has 3 rings (SSSR count). The Morgan fingerprint density at radius 3 is 2.47 bits per heavy atom. The van der Waals surface area contributed by atoms with Gasteiger partial charge in [-0.3, -0.25) is 24.5 Å². The van der Waals surface area contributed by atoms with Gasteiger partial charge in [-0.15, -0.1) is 0 Å². The third kappa shape index (κ3) is 5.42. The van der Waals surface area contributed by atoms with Crippen molar-refractivity contribution in [2.75, 3.05) is 22.9 Å². The molecule has 2 aliphatic heterocycles. The maximum Gasteiger partial charge on any atom is 0.309 e. The van der Waals surface area contributed by atoms with E-state index in [1.165, 1.54) is 0 Å². The number of rotatable bonds is 7. The summed E-state index contributed by atoms with van der Waals surface area (Å²) in [5.41, 5.74) is 1.72. The number of hydrogen-bond acceptors (Lipinski definition) is 6. The molecule has 0 bridgehead atoms. The van der Waals surface area contributed by atoms with Crippen LogP contribution in [0.4, 0.5) is 11.4 Å². The lowest BCUT2D eigenvalue weighted by molar-refractivity contribution is -0.160. The van der Waals surface area contributed by atoms with Crippen molar-refractivity contribution < 1.29 is 23.9 Å². The molecule has 1 atom stereocenters. The van der Waals surface area contributed by atoms with E-state index in [0.717, 1.165) is 42.9 Å². The second kappa shape index (κ2) is 9.76. The fraction of sp³-hybridized carbons (Fsp3) is 0.615. The van der Waals surface area contributed by atoms with Gasteiger partial charge in [-0.2, -0.15) is 0 Å². The summed E-state index contributed by atoms with van der Waals surface area (Å²) in [7, 11) is 0. The van der Waals surface area contributed by atoms with Crippen molar-refractivity contribution in [2.24, 2.45) is 5.92 Å². The van der Waals surface area contributed by atoms with Gasteiger partial charge in [0.15, 0.2) is 0 Å². The lowest BCUT2D eigenvalue weighted by Gasteiger charge is -2.34. The zero-order chi connectivity index (χ0) is 25.3. The number of hydrogen-bond donors (Lipinski definition) is 1. The van der Waals surface area contributed by atoms with E-state index < -0.39 is 11.0 Å². The SMILES string of the molecule is CC(CCC(=O)NC=O)N1C(=O)C(C)(C)c2cc(N3CCC(C(=O)OC(C)(C)C)CC3)ccc21. The van der Waals surface area contributed by atoms with Crippen LogP contribution < -0.4 is 15.1 Å². The standard InChI is InChI=1S/C26H37N3O5/c1-17(7-10-22(31)27-16-30)29-21-9-8-19(15-20(21)26(5,6)24(29)33)28-13-11-18(12-14-28)23(32)34-25(2,3)4/h8-9,15-18H,7,10-14H2,1-6H3,(H,27,30,31). The molecular weight excluding hydrogens is 434 g/mol. The summed E-state index contributed by atoms with van der Waals surface area (Å²) in [4.78, 5) is 52.0. The Hall–Kier alpha value is -2.90. The Kier molecular flexibility index (Phi) is 7.38. The van der Waals surface area contributed by atoms with Crippen LogP contribution in [0.3, 0.4) is 0 Å². The van der Waals surface area contributed by atoms with Crippen LogP contribution in [0.15, 0.2) is 18.2 Å². The number of fused-ring (bicyclic) bond motifs is 1. The fourth-order valence-electron chi connectivity index (χ4n) is 4.76. The zero-order valence-electron chi connectivity index (χ0n) is 21.1. The number of benzene rings is 1. The van der Waals surface area contributed by atoms with Gasteiger partial charge in [-0.1, -0.05) is 0 Å². The fourth-order valence-corrected chi connectivity index (χ4v) is 4.76. The average Bonchev–Trinajstić information content (AvgIpc) is 2.96. The number of piperidine rings is 1. The number of nitrogens with one attached hydrogen (secondary N) is 1. The van der Waals surface area contributed by atoms with E-state index in [9.17, 15) is 19.2 Å². The molecule has 186 valence electrons. The lowest BCUT2D eigenvalue weighted by atomic mass is 9.85. The van der Waals surface area contributed by atoms with Crippen LogP contribution in [0.5, 0.6) is 0 Å². The van der Waals surface area contributed by atoms with Gasteiger partial charge in [-0.05, 0) is 84.6 Å². The minimum atomic E-state index is -0.681. The molecule has 0 aliphatic carbocycles. The highest BCUT2D eigenvalue weighted by atomic mass is 16.6. The number of carbonyl (C=O) groups excluding carboxylic acids is 4. The minimum Gasteiger partial charge on any atom is -0.460 e. The molecule has 34 heavy (non-hydrogen) atoms. The third-order valence-corrected chi connectivity index (χ3v) is 6.72. The predicted molar refractivity (Wildman–Crippen MR) is 131 cm³/mol. The number of imide groups is 1. The van der Waals surface area contributed by atoms with Gasteiger partial charge in [0.05, 0.1) is 11.3 Å². The summed E-state index contributed by atoms with van der Waals surface area (Å²) < 4.78 is 5.56. The van der Waals surface area contributed by atoms with Crippen LogP contribution >= 0.6 is 0 Å². The van der Waals surface area contributed by atoms with Gasteiger partial charge in [0.25, 0.3) is 0 Å². The molecular formula is C26H37N3O5. The molecule has 0 aromatic heterocycles. The lowest BCUT2D eigenvalue weighted by Crippen LogP contribution is -2.42. The Balaban J connectivity index is 1.72.